The number of carbonyl (C=O) groups excluding carboxylic acids is 2. The predicted molar refractivity (Wildman–Crippen MR) is 136 cm³/mol. The van der Waals surface area contributed by atoms with Crippen LogP contribution in [0, 0.1) is 13.8 Å². The molecule has 2 aromatic rings. The van der Waals surface area contributed by atoms with E-state index in [0.717, 1.165) is 31.7 Å². The minimum absolute atomic E-state index is 0.0573. The monoisotopic (exact) mass is 503 g/mol. The van der Waals surface area contributed by atoms with Gasteiger partial charge >= 0.3 is 0 Å². The highest BCUT2D eigenvalue weighted by molar-refractivity contribution is 8.04. The summed E-state index contributed by atoms with van der Waals surface area (Å²) in [6.45, 7) is 7.04. The molecule has 4 rings (SSSR count). The Labute approximate surface area is 207 Å². The zero-order valence-electron chi connectivity index (χ0n) is 19.4. The number of phenols is 1. The van der Waals surface area contributed by atoms with Crippen LogP contribution in [0.25, 0.3) is 0 Å². The highest BCUT2D eigenvalue weighted by Gasteiger charge is 2.25. The molecule has 1 fully saturated rings. The molecule has 0 saturated carbocycles. The number of aryl methyl sites for hydroxylation is 1. The lowest BCUT2D eigenvalue weighted by molar-refractivity contribution is -0.133. The summed E-state index contributed by atoms with van der Waals surface area (Å²) >= 11 is 3.04. The van der Waals surface area contributed by atoms with Crippen LogP contribution in [-0.4, -0.2) is 73.8 Å². The van der Waals surface area contributed by atoms with Crippen molar-refractivity contribution >= 4 is 47.0 Å². The van der Waals surface area contributed by atoms with Crippen LogP contribution in [0.1, 0.15) is 11.1 Å². The van der Waals surface area contributed by atoms with E-state index < -0.39 is 0 Å². The number of hydrogen-bond acceptors (Lipinski definition) is 9. The molecule has 1 unspecified atom stereocenters. The van der Waals surface area contributed by atoms with Gasteiger partial charge in [-0.2, -0.15) is 5.10 Å². The molecule has 12 heteroatoms. The number of thioether (sulfide) groups is 1. The molecule has 1 aromatic carbocycles. The SMILES string of the molecule is CSN1CCN(C(=O)Cn2ccc(NC3NC=C(C(=O)Nc4c(C)ccc(O)c4C)S3)n2)CC1. The van der Waals surface area contributed by atoms with Gasteiger partial charge in [0.2, 0.25) is 5.91 Å². The van der Waals surface area contributed by atoms with Crippen molar-refractivity contribution in [3.8, 4) is 5.75 Å². The number of aromatic hydroxyl groups is 1. The maximum Gasteiger partial charge on any atom is 0.263 e. The van der Waals surface area contributed by atoms with Crippen molar-refractivity contribution in [2.24, 2.45) is 0 Å². The highest BCUT2D eigenvalue weighted by Crippen LogP contribution is 2.31. The average Bonchev–Trinajstić information content (AvgIpc) is 3.49. The number of hydrogen-bond donors (Lipinski definition) is 4. The Hall–Kier alpha value is -2.83. The van der Waals surface area contributed by atoms with Crippen LogP contribution in [0.5, 0.6) is 5.75 Å². The minimum atomic E-state index is -0.272. The van der Waals surface area contributed by atoms with Crippen molar-refractivity contribution in [3.63, 3.8) is 0 Å². The minimum Gasteiger partial charge on any atom is -0.508 e. The predicted octanol–water partition coefficient (Wildman–Crippen LogP) is 2.14. The van der Waals surface area contributed by atoms with Crippen LogP contribution in [-0.2, 0) is 16.1 Å². The molecule has 10 nitrogen and oxygen atoms in total. The summed E-state index contributed by atoms with van der Waals surface area (Å²) in [6.07, 6.45) is 5.47. The number of aromatic nitrogens is 2. The molecule has 0 spiro atoms. The first-order valence-electron chi connectivity index (χ1n) is 10.9. The molecule has 0 bridgehead atoms. The van der Waals surface area contributed by atoms with Gasteiger partial charge < -0.3 is 26.0 Å². The van der Waals surface area contributed by atoms with Crippen molar-refractivity contribution in [1.82, 2.24) is 24.3 Å². The zero-order valence-corrected chi connectivity index (χ0v) is 21.0. The molecule has 182 valence electrons. The smallest absolute Gasteiger partial charge is 0.263 e. The van der Waals surface area contributed by atoms with Gasteiger partial charge in [-0.05, 0) is 31.7 Å². The Kier molecular flexibility index (Phi) is 7.59. The third-order valence-electron chi connectivity index (χ3n) is 5.78. The van der Waals surface area contributed by atoms with Gasteiger partial charge in [-0.3, -0.25) is 14.3 Å². The first-order chi connectivity index (χ1) is 16.3. The Balaban J connectivity index is 1.27. The third-order valence-corrected chi connectivity index (χ3v) is 7.71. The lowest BCUT2D eigenvalue weighted by atomic mass is 10.1. The summed E-state index contributed by atoms with van der Waals surface area (Å²) in [6, 6.07) is 5.18. The van der Waals surface area contributed by atoms with E-state index in [9.17, 15) is 14.7 Å². The number of phenolic OH excluding ortho intramolecular Hbond substituents is 1. The van der Waals surface area contributed by atoms with Gasteiger partial charge in [-0.15, -0.1) is 0 Å². The lowest BCUT2D eigenvalue weighted by Gasteiger charge is -2.33. The average molecular weight is 504 g/mol. The van der Waals surface area contributed by atoms with Crippen molar-refractivity contribution in [2.75, 3.05) is 43.1 Å². The molecule has 0 aliphatic carbocycles. The molecule has 4 N–H and O–H groups in total. The first kappa shape index (κ1) is 24.3. The second-order valence-electron chi connectivity index (χ2n) is 8.06. The Bertz CT molecular complexity index is 1100. The Morgan fingerprint density at radius 2 is 2.00 bits per heavy atom. The number of amides is 2. The second-order valence-corrected chi connectivity index (χ2v) is 10.1. The van der Waals surface area contributed by atoms with Crippen LogP contribution in [0.15, 0.2) is 35.5 Å². The van der Waals surface area contributed by atoms with Gasteiger partial charge in [0, 0.05) is 50.2 Å². The Morgan fingerprint density at radius 1 is 1.24 bits per heavy atom. The van der Waals surface area contributed by atoms with E-state index in [4.69, 9.17) is 0 Å². The summed E-state index contributed by atoms with van der Waals surface area (Å²) in [5, 5.41) is 23.6. The van der Waals surface area contributed by atoms with E-state index in [0.29, 0.717) is 22.0 Å². The molecule has 34 heavy (non-hydrogen) atoms. The fourth-order valence-electron chi connectivity index (χ4n) is 3.76. The van der Waals surface area contributed by atoms with Gasteiger partial charge in [-0.1, -0.05) is 29.8 Å². The quantitative estimate of drug-likeness (QED) is 0.422. The van der Waals surface area contributed by atoms with Crippen molar-refractivity contribution in [3.05, 3.63) is 46.6 Å². The van der Waals surface area contributed by atoms with Crippen LogP contribution >= 0.6 is 23.7 Å². The standard InChI is InChI=1S/C22H29N7O3S2/c1-14-4-5-16(30)15(2)20(14)25-21(32)17-12-23-22(34-17)24-18-6-7-28(26-18)13-19(31)27-8-10-29(33-3)11-9-27/h4-7,12,22-23,30H,8-11,13H2,1-3H3,(H,24,26)(H,25,32). The topological polar surface area (TPSA) is 115 Å². The summed E-state index contributed by atoms with van der Waals surface area (Å²) in [5.74, 6) is 0.556. The fourth-order valence-corrected chi connectivity index (χ4v) is 5.15. The molecule has 1 atom stereocenters. The van der Waals surface area contributed by atoms with E-state index >= 15 is 0 Å². The van der Waals surface area contributed by atoms with E-state index in [1.807, 2.05) is 11.8 Å². The maximum absolute atomic E-state index is 12.7. The zero-order chi connectivity index (χ0) is 24.2. The van der Waals surface area contributed by atoms with Gasteiger partial charge in [0.15, 0.2) is 5.50 Å². The second kappa shape index (κ2) is 10.6. The number of carbonyl (C=O) groups is 2. The van der Waals surface area contributed by atoms with E-state index in [1.54, 1.807) is 54.1 Å². The number of nitrogens with one attached hydrogen (secondary N) is 3. The van der Waals surface area contributed by atoms with Crippen molar-refractivity contribution in [2.45, 2.75) is 25.9 Å². The molecule has 1 saturated heterocycles. The summed E-state index contributed by atoms with van der Waals surface area (Å²) in [7, 11) is 0. The molecular formula is C22H29N7O3S2. The summed E-state index contributed by atoms with van der Waals surface area (Å²) < 4.78 is 3.88. The highest BCUT2D eigenvalue weighted by atomic mass is 32.2. The normalized spacial score (nSPS) is 18.4. The van der Waals surface area contributed by atoms with E-state index in [1.165, 1.54) is 11.8 Å². The number of nitrogens with zero attached hydrogens (tertiary/aromatic N) is 4. The van der Waals surface area contributed by atoms with Crippen LogP contribution in [0.4, 0.5) is 11.5 Å². The molecule has 3 heterocycles. The van der Waals surface area contributed by atoms with Gasteiger partial charge in [0.25, 0.3) is 5.91 Å². The van der Waals surface area contributed by atoms with Crippen LogP contribution in [0.2, 0.25) is 0 Å². The molecular weight excluding hydrogens is 474 g/mol. The molecule has 2 amide bonds. The molecule has 0 radical (unpaired) electrons. The van der Waals surface area contributed by atoms with Gasteiger partial charge in [-0.25, -0.2) is 4.31 Å². The molecule has 1 aromatic heterocycles. The van der Waals surface area contributed by atoms with E-state index in [-0.39, 0.29) is 29.6 Å². The lowest BCUT2D eigenvalue weighted by Crippen LogP contribution is -2.47. The van der Waals surface area contributed by atoms with E-state index in [2.05, 4.69) is 31.6 Å². The number of benzene rings is 1. The number of rotatable bonds is 7. The number of anilines is 2. The van der Waals surface area contributed by atoms with Crippen molar-refractivity contribution < 1.29 is 14.7 Å². The van der Waals surface area contributed by atoms with Gasteiger partial charge in [0.1, 0.15) is 18.1 Å². The van der Waals surface area contributed by atoms with Crippen LogP contribution < -0.4 is 16.0 Å². The maximum atomic E-state index is 12.7. The largest absolute Gasteiger partial charge is 0.508 e. The summed E-state index contributed by atoms with van der Waals surface area (Å²) in [4.78, 5) is 27.7. The fraction of sp³-hybridized carbons (Fsp3) is 0.409. The molecule has 2 aliphatic rings. The third kappa shape index (κ3) is 5.62. The van der Waals surface area contributed by atoms with Gasteiger partial charge in [0.05, 0.1) is 10.6 Å². The van der Waals surface area contributed by atoms with Crippen LogP contribution in [0.3, 0.4) is 0 Å². The first-order valence-corrected chi connectivity index (χ1v) is 13.0. The Morgan fingerprint density at radius 3 is 2.74 bits per heavy atom. The molecule has 2 aliphatic heterocycles. The number of piperazine rings is 1. The van der Waals surface area contributed by atoms with Crippen molar-refractivity contribution in [1.29, 1.82) is 0 Å². The summed E-state index contributed by atoms with van der Waals surface area (Å²) in [5.41, 5.74) is 1.85.